The fourth-order valence-electron chi connectivity index (χ4n) is 1.82. The van der Waals surface area contributed by atoms with Gasteiger partial charge in [0.05, 0.1) is 11.9 Å². The second-order valence-corrected chi connectivity index (χ2v) is 3.81. The molecule has 1 aliphatic rings. The minimum atomic E-state index is 0.697. The molecule has 0 atom stereocenters. The van der Waals surface area contributed by atoms with Gasteiger partial charge < -0.3 is 0 Å². The largest absolute Gasteiger partial charge is 0.282 e. The average molecular weight is 188 g/mol. The molecule has 1 aliphatic carbocycles. The fourth-order valence-corrected chi connectivity index (χ4v) is 1.82. The van der Waals surface area contributed by atoms with Crippen LogP contribution in [0.3, 0.4) is 0 Å². The molecule has 0 unspecified atom stereocenters. The molecule has 0 bridgehead atoms. The van der Waals surface area contributed by atoms with Crippen LogP contribution in [0.2, 0.25) is 0 Å². The van der Waals surface area contributed by atoms with E-state index in [1.54, 1.807) is 0 Å². The van der Waals surface area contributed by atoms with Crippen LogP contribution in [0.15, 0.2) is 18.5 Å². The van der Waals surface area contributed by atoms with Crippen LogP contribution in [0.5, 0.6) is 0 Å². The molecule has 1 fully saturated rings. The molecule has 0 aliphatic heterocycles. The molecule has 1 N–H and O–H groups in total. The van der Waals surface area contributed by atoms with Crippen LogP contribution in [0.1, 0.15) is 24.5 Å². The Kier molecular flexibility index (Phi) is 1.50. The van der Waals surface area contributed by atoms with E-state index in [4.69, 9.17) is 0 Å². The summed E-state index contributed by atoms with van der Waals surface area (Å²) in [5.41, 5.74) is 3.61. The van der Waals surface area contributed by atoms with Gasteiger partial charge in [-0.1, -0.05) is 0 Å². The molecule has 4 nitrogen and oxygen atoms in total. The van der Waals surface area contributed by atoms with E-state index in [2.05, 4.69) is 15.3 Å². The molecule has 0 spiro atoms. The van der Waals surface area contributed by atoms with Gasteiger partial charge >= 0.3 is 0 Å². The number of nitrogens with one attached hydrogen (secondary N) is 1. The zero-order valence-corrected chi connectivity index (χ0v) is 8.07. The topological polar surface area (TPSA) is 46.5 Å². The first-order valence-corrected chi connectivity index (χ1v) is 4.88. The number of nitrogens with zero attached hydrogens (tertiary/aromatic N) is 3. The van der Waals surface area contributed by atoms with Crippen molar-refractivity contribution in [1.82, 2.24) is 20.0 Å². The smallest absolute Gasteiger partial charge is 0.0713 e. The standard InChI is InChI=1S/C10H12N4/c1-14-9(4-5-12-14)8-6-11-13-10(8)7-2-3-7/h4-7H,2-3H2,1H3,(H,11,13). The van der Waals surface area contributed by atoms with E-state index < -0.39 is 0 Å². The van der Waals surface area contributed by atoms with Crippen molar-refractivity contribution in [3.63, 3.8) is 0 Å². The Balaban J connectivity index is 2.11. The van der Waals surface area contributed by atoms with Gasteiger partial charge in [0.1, 0.15) is 0 Å². The highest BCUT2D eigenvalue weighted by Crippen LogP contribution is 2.42. The first kappa shape index (κ1) is 7.79. The van der Waals surface area contributed by atoms with Gasteiger partial charge in [0.15, 0.2) is 0 Å². The monoisotopic (exact) mass is 188 g/mol. The highest BCUT2D eigenvalue weighted by molar-refractivity contribution is 5.62. The number of hydrogen-bond acceptors (Lipinski definition) is 2. The van der Waals surface area contributed by atoms with Crippen LogP contribution in [-0.4, -0.2) is 20.0 Å². The Morgan fingerprint density at radius 1 is 1.50 bits per heavy atom. The third-order valence-electron chi connectivity index (χ3n) is 2.75. The van der Waals surface area contributed by atoms with Crippen molar-refractivity contribution in [3.8, 4) is 11.3 Å². The third-order valence-corrected chi connectivity index (χ3v) is 2.75. The molecule has 0 radical (unpaired) electrons. The van der Waals surface area contributed by atoms with E-state index in [9.17, 15) is 0 Å². The number of rotatable bonds is 2. The highest BCUT2D eigenvalue weighted by Gasteiger charge is 2.28. The Morgan fingerprint density at radius 2 is 2.36 bits per heavy atom. The number of aromatic amines is 1. The quantitative estimate of drug-likeness (QED) is 0.779. The number of aryl methyl sites for hydroxylation is 1. The van der Waals surface area contributed by atoms with E-state index >= 15 is 0 Å². The molecular weight excluding hydrogens is 176 g/mol. The lowest BCUT2D eigenvalue weighted by Crippen LogP contribution is -1.94. The van der Waals surface area contributed by atoms with Crippen molar-refractivity contribution >= 4 is 0 Å². The fraction of sp³-hybridized carbons (Fsp3) is 0.400. The van der Waals surface area contributed by atoms with E-state index in [1.807, 2.05) is 30.2 Å². The lowest BCUT2D eigenvalue weighted by Gasteiger charge is -2.01. The summed E-state index contributed by atoms with van der Waals surface area (Å²) in [7, 11) is 1.96. The van der Waals surface area contributed by atoms with Crippen LogP contribution in [0.4, 0.5) is 0 Å². The summed E-state index contributed by atoms with van der Waals surface area (Å²) < 4.78 is 1.89. The molecule has 2 aromatic heterocycles. The van der Waals surface area contributed by atoms with Crippen LogP contribution in [0.25, 0.3) is 11.3 Å². The van der Waals surface area contributed by atoms with Crippen molar-refractivity contribution in [2.24, 2.45) is 7.05 Å². The summed E-state index contributed by atoms with van der Waals surface area (Å²) in [5.74, 6) is 0.697. The molecule has 72 valence electrons. The van der Waals surface area contributed by atoms with E-state index in [0.29, 0.717) is 5.92 Å². The third kappa shape index (κ3) is 1.07. The van der Waals surface area contributed by atoms with Crippen LogP contribution in [0, 0.1) is 0 Å². The normalized spacial score (nSPS) is 16.1. The zero-order valence-electron chi connectivity index (χ0n) is 8.07. The molecule has 3 rings (SSSR count). The van der Waals surface area contributed by atoms with Crippen molar-refractivity contribution in [2.45, 2.75) is 18.8 Å². The van der Waals surface area contributed by atoms with Crippen molar-refractivity contribution in [2.75, 3.05) is 0 Å². The van der Waals surface area contributed by atoms with Gasteiger partial charge in [-0.05, 0) is 18.9 Å². The maximum Gasteiger partial charge on any atom is 0.0713 e. The molecular formula is C10H12N4. The first-order chi connectivity index (χ1) is 6.86. The summed E-state index contributed by atoms with van der Waals surface area (Å²) in [6, 6.07) is 2.02. The van der Waals surface area contributed by atoms with Gasteiger partial charge in [0.2, 0.25) is 0 Å². The molecule has 14 heavy (non-hydrogen) atoms. The lowest BCUT2D eigenvalue weighted by molar-refractivity contribution is 0.774. The van der Waals surface area contributed by atoms with Gasteiger partial charge in [-0.15, -0.1) is 0 Å². The van der Waals surface area contributed by atoms with Crippen molar-refractivity contribution in [1.29, 1.82) is 0 Å². The molecule has 2 aromatic rings. The van der Waals surface area contributed by atoms with E-state index in [1.165, 1.54) is 24.1 Å². The summed E-state index contributed by atoms with van der Waals surface area (Å²) in [5, 5.41) is 11.4. The second kappa shape index (κ2) is 2.70. The van der Waals surface area contributed by atoms with Gasteiger partial charge in [-0.2, -0.15) is 10.2 Å². The van der Waals surface area contributed by atoms with E-state index in [0.717, 1.165) is 5.69 Å². The van der Waals surface area contributed by atoms with Crippen LogP contribution >= 0.6 is 0 Å². The lowest BCUT2D eigenvalue weighted by atomic mass is 10.1. The van der Waals surface area contributed by atoms with Gasteiger partial charge in [-0.3, -0.25) is 9.78 Å². The highest BCUT2D eigenvalue weighted by atomic mass is 15.3. The van der Waals surface area contributed by atoms with Gasteiger partial charge in [0.25, 0.3) is 0 Å². The Morgan fingerprint density at radius 3 is 3.00 bits per heavy atom. The summed E-state index contributed by atoms with van der Waals surface area (Å²) >= 11 is 0. The molecule has 4 heteroatoms. The van der Waals surface area contributed by atoms with Crippen molar-refractivity contribution in [3.05, 3.63) is 24.2 Å². The first-order valence-electron chi connectivity index (χ1n) is 4.88. The minimum Gasteiger partial charge on any atom is -0.282 e. The Bertz CT molecular complexity index is 450. The van der Waals surface area contributed by atoms with Crippen LogP contribution in [-0.2, 0) is 7.05 Å². The molecule has 0 amide bonds. The molecule has 2 heterocycles. The van der Waals surface area contributed by atoms with Crippen LogP contribution < -0.4 is 0 Å². The number of aromatic nitrogens is 4. The number of hydrogen-bond donors (Lipinski definition) is 1. The van der Waals surface area contributed by atoms with Gasteiger partial charge in [-0.25, -0.2) is 0 Å². The predicted octanol–water partition coefficient (Wildman–Crippen LogP) is 1.69. The zero-order chi connectivity index (χ0) is 9.54. The van der Waals surface area contributed by atoms with E-state index in [-0.39, 0.29) is 0 Å². The SMILES string of the molecule is Cn1nccc1-c1cn[nH]c1C1CC1. The number of H-pyrrole nitrogens is 1. The Hall–Kier alpha value is -1.58. The molecule has 1 saturated carbocycles. The summed E-state index contributed by atoms with van der Waals surface area (Å²) in [6.45, 7) is 0. The summed E-state index contributed by atoms with van der Waals surface area (Å²) in [4.78, 5) is 0. The Labute approximate surface area is 81.9 Å². The molecule has 0 aromatic carbocycles. The van der Waals surface area contributed by atoms with Crippen molar-refractivity contribution < 1.29 is 0 Å². The maximum atomic E-state index is 4.17. The maximum absolute atomic E-state index is 4.17. The van der Waals surface area contributed by atoms with Gasteiger partial charge in [0, 0.05) is 30.4 Å². The predicted molar refractivity (Wildman–Crippen MR) is 52.8 cm³/mol. The average Bonchev–Trinajstić information content (AvgIpc) is 2.75. The second-order valence-electron chi connectivity index (χ2n) is 3.81. The summed E-state index contributed by atoms with van der Waals surface area (Å²) in [6.07, 6.45) is 6.28. The molecule has 0 saturated heterocycles. The minimum absolute atomic E-state index is 0.697.